The van der Waals surface area contributed by atoms with Gasteiger partial charge < -0.3 is 9.32 Å². The van der Waals surface area contributed by atoms with Crippen molar-refractivity contribution in [1.29, 1.82) is 0 Å². The Balaban J connectivity index is 1.58. The summed E-state index contributed by atoms with van der Waals surface area (Å²) in [5, 5.41) is 0. The van der Waals surface area contributed by atoms with E-state index in [4.69, 9.17) is 4.42 Å². The number of hydrogen-bond donors (Lipinski definition) is 0. The molecule has 1 aromatic heterocycles. The predicted octanol–water partition coefficient (Wildman–Crippen LogP) is 2.50. The number of piperidine rings is 1. The zero-order valence-corrected chi connectivity index (χ0v) is 11.1. The lowest BCUT2D eigenvalue weighted by Gasteiger charge is -2.43. The Morgan fingerprint density at radius 1 is 1.11 bits per heavy atom. The van der Waals surface area contributed by atoms with Gasteiger partial charge in [-0.05, 0) is 31.5 Å². The Labute approximate surface area is 113 Å². The van der Waals surface area contributed by atoms with Gasteiger partial charge in [-0.15, -0.1) is 0 Å². The van der Waals surface area contributed by atoms with Gasteiger partial charge in [0, 0.05) is 25.7 Å². The fourth-order valence-corrected chi connectivity index (χ4v) is 3.33. The Morgan fingerprint density at radius 3 is 3.00 bits per heavy atom. The van der Waals surface area contributed by atoms with E-state index in [-0.39, 0.29) is 0 Å². The first-order valence-corrected chi connectivity index (χ1v) is 7.25. The van der Waals surface area contributed by atoms with Crippen molar-refractivity contribution in [3.05, 3.63) is 24.3 Å². The maximum absolute atomic E-state index is 5.88. The van der Waals surface area contributed by atoms with E-state index in [1.54, 1.807) is 0 Å². The van der Waals surface area contributed by atoms with E-state index in [1.807, 2.05) is 24.3 Å². The Kier molecular flexibility index (Phi) is 2.69. The van der Waals surface area contributed by atoms with E-state index in [1.165, 1.54) is 25.8 Å². The average molecular weight is 257 g/mol. The highest BCUT2D eigenvalue weighted by Crippen LogP contribution is 2.26. The summed E-state index contributed by atoms with van der Waals surface area (Å²) in [6.07, 6.45) is 4.04. The Morgan fingerprint density at radius 2 is 2.05 bits per heavy atom. The molecular formula is C15H19N3O. The van der Waals surface area contributed by atoms with Crippen LogP contribution in [0.5, 0.6) is 0 Å². The van der Waals surface area contributed by atoms with Gasteiger partial charge >= 0.3 is 0 Å². The first-order chi connectivity index (χ1) is 9.40. The molecule has 0 saturated carbocycles. The highest BCUT2D eigenvalue weighted by Gasteiger charge is 2.30. The molecule has 1 aromatic carbocycles. The standard InChI is InChI=1S/C15H19N3O/c1-2-7-14-13(6-1)16-15(19-14)18-10-9-17-8-4-3-5-12(17)11-18/h1-2,6-7,12H,3-5,8-11H2/t12-/m1/s1. The summed E-state index contributed by atoms with van der Waals surface area (Å²) in [7, 11) is 0. The number of piperazine rings is 1. The van der Waals surface area contributed by atoms with Crippen molar-refractivity contribution in [2.45, 2.75) is 25.3 Å². The minimum atomic E-state index is 0.692. The van der Waals surface area contributed by atoms with E-state index >= 15 is 0 Å². The number of para-hydroxylation sites is 2. The van der Waals surface area contributed by atoms with Crippen LogP contribution in [-0.4, -0.2) is 42.1 Å². The second kappa shape index (κ2) is 4.53. The third-order valence-corrected chi connectivity index (χ3v) is 4.39. The molecular weight excluding hydrogens is 238 g/mol. The molecule has 1 atom stereocenters. The van der Waals surface area contributed by atoms with E-state index in [2.05, 4.69) is 14.8 Å². The molecule has 3 heterocycles. The highest BCUT2D eigenvalue weighted by atomic mass is 16.4. The van der Waals surface area contributed by atoms with E-state index in [0.29, 0.717) is 6.04 Å². The van der Waals surface area contributed by atoms with Gasteiger partial charge in [0.1, 0.15) is 5.52 Å². The van der Waals surface area contributed by atoms with Crippen LogP contribution in [0.1, 0.15) is 19.3 Å². The topological polar surface area (TPSA) is 32.5 Å². The summed E-state index contributed by atoms with van der Waals surface area (Å²) in [5.74, 6) is 0. The van der Waals surface area contributed by atoms with Crippen molar-refractivity contribution in [1.82, 2.24) is 9.88 Å². The molecule has 0 radical (unpaired) electrons. The number of nitrogens with zero attached hydrogens (tertiary/aromatic N) is 3. The number of rotatable bonds is 1. The molecule has 100 valence electrons. The van der Waals surface area contributed by atoms with E-state index < -0.39 is 0 Å². The molecule has 2 aliphatic rings. The van der Waals surface area contributed by atoms with Crippen molar-refractivity contribution in [2.75, 3.05) is 31.1 Å². The van der Waals surface area contributed by atoms with Crippen molar-refractivity contribution in [3.8, 4) is 0 Å². The lowest BCUT2D eigenvalue weighted by Crippen LogP contribution is -2.55. The first kappa shape index (κ1) is 11.3. The first-order valence-electron chi connectivity index (χ1n) is 7.25. The fraction of sp³-hybridized carbons (Fsp3) is 0.533. The molecule has 0 spiro atoms. The van der Waals surface area contributed by atoms with Crippen LogP contribution in [-0.2, 0) is 0 Å². The predicted molar refractivity (Wildman–Crippen MR) is 75.4 cm³/mol. The molecule has 0 aliphatic carbocycles. The van der Waals surface area contributed by atoms with Crippen molar-refractivity contribution in [3.63, 3.8) is 0 Å². The molecule has 0 N–H and O–H groups in total. The van der Waals surface area contributed by atoms with Crippen LogP contribution in [0, 0.1) is 0 Å². The summed E-state index contributed by atoms with van der Waals surface area (Å²) < 4.78 is 5.88. The third kappa shape index (κ3) is 2.00. The minimum Gasteiger partial charge on any atom is -0.423 e. The Bertz CT molecular complexity index is 547. The molecule has 19 heavy (non-hydrogen) atoms. The summed E-state index contributed by atoms with van der Waals surface area (Å²) in [6, 6.07) is 9.50. The van der Waals surface area contributed by atoms with E-state index in [9.17, 15) is 0 Å². The van der Waals surface area contributed by atoms with Crippen molar-refractivity contribution in [2.24, 2.45) is 0 Å². The molecule has 4 rings (SSSR count). The smallest absolute Gasteiger partial charge is 0.298 e. The van der Waals surface area contributed by atoms with Crippen LogP contribution >= 0.6 is 0 Å². The number of benzene rings is 1. The second-order valence-electron chi connectivity index (χ2n) is 5.60. The number of oxazole rings is 1. The molecule has 2 fully saturated rings. The second-order valence-corrected chi connectivity index (χ2v) is 5.60. The molecule has 4 nitrogen and oxygen atoms in total. The summed E-state index contributed by atoms with van der Waals surface area (Å²) in [4.78, 5) is 9.55. The normalized spacial score (nSPS) is 24.6. The largest absolute Gasteiger partial charge is 0.423 e. The summed E-state index contributed by atoms with van der Waals surface area (Å²) in [6.45, 7) is 4.51. The zero-order valence-electron chi connectivity index (χ0n) is 11.1. The molecule has 4 heteroatoms. The maximum atomic E-state index is 5.88. The van der Waals surface area contributed by atoms with Crippen LogP contribution in [0.3, 0.4) is 0 Å². The van der Waals surface area contributed by atoms with Crippen LogP contribution < -0.4 is 4.90 Å². The van der Waals surface area contributed by atoms with Crippen molar-refractivity contribution < 1.29 is 4.42 Å². The van der Waals surface area contributed by atoms with E-state index in [0.717, 1.165) is 36.7 Å². The Hall–Kier alpha value is -1.55. The molecule has 0 unspecified atom stereocenters. The zero-order chi connectivity index (χ0) is 12.7. The number of hydrogen-bond acceptors (Lipinski definition) is 4. The fourth-order valence-electron chi connectivity index (χ4n) is 3.33. The molecule has 2 aromatic rings. The monoisotopic (exact) mass is 257 g/mol. The van der Waals surface area contributed by atoms with Crippen LogP contribution in [0.15, 0.2) is 28.7 Å². The van der Waals surface area contributed by atoms with Gasteiger partial charge in [-0.1, -0.05) is 18.6 Å². The molecule has 2 aliphatic heterocycles. The molecule has 2 saturated heterocycles. The maximum Gasteiger partial charge on any atom is 0.298 e. The highest BCUT2D eigenvalue weighted by molar-refractivity contribution is 5.74. The van der Waals surface area contributed by atoms with Crippen LogP contribution in [0.4, 0.5) is 6.01 Å². The van der Waals surface area contributed by atoms with Gasteiger partial charge in [-0.25, -0.2) is 0 Å². The summed E-state index contributed by atoms with van der Waals surface area (Å²) in [5.41, 5.74) is 1.85. The van der Waals surface area contributed by atoms with Gasteiger partial charge in [0.15, 0.2) is 5.58 Å². The lowest BCUT2D eigenvalue weighted by atomic mass is 10.00. The lowest BCUT2D eigenvalue weighted by molar-refractivity contribution is 0.131. The average Bonchev–Trinajstić information content (AvgIpc) is 2.90. The SMILES string of the molecule is c1ccc2oc(N3CCN4CCCC[C@@H]4C3)nc2c1. The quantitative estimate of drug-likeness (QED) is 0.786. The molecule has 0 amide bonds. The van der Waals surface area contributed by atoms with Gasteiger partial charge in [0.05, 0.1) is 0 Å². The summed E-state index contributed by atoms with van der Waals surface area (Å²) >= 11 is 0. The van der Waals surface area contributed by atoms with Crippen molar-refractivity contribution >= 4 is 17.1 Å². The number of aromatic nitrogens is 1. The minimum absolute atomic E-state index is 0.692. The number of fused-ring (bicyclic) bond motifs is 2. The van der Waals surface area contributed by atoms with Crippen LogP contribution in [0.25, 0.3) is 11.1 Å². The van der Waals surface area contributed by atoms with Gasteiger partial charge in [-0.2, -0.15) is 4.98 Å². The van der Waals surface area contributed by atoms with Gasteiger partial charge in [0.25, 0.3) is 6.01 Å². The number of anilines is 1. The van der Waals surface area contributed by atoms with Crippen LogP contribution in [0.2, 0.25) is 0 Å². The molecule has 0 bridgehead atoms. The third-order valence-electron chi connectivity index (χ3n) is 4.39. The van der Waals surface area contributed by atoms with Gasteiger partial charge in [-0.3, -0.25) is 4.90 Å². The van der Waals surface area contributed by atoms with Gasteiger partial charge in [0.2, 0.25) is 0 Å².